The van der Waals surface area contributed by atoms with Gasteiger partial charge in [-0.05, 0) is 37.5 Å². The van der Waals surface area contributed by atoms with Crippen LogP contribution in [0, 0.1) is 6.92 Å². The third-order valence-electron chi connectivity index (χ3n) is 5.00. The Bertz CT molecular complexity index is 950. The summed E-state index contributed by atoms with van der Waals surface area (Å²) in [6, 6.07) is 0. The van der Waals surface area contributed by atoms with Gasteiger partial charge in [-0.2, -0.15) is 5.10 Å². The molecule has 2 atom stereocenters. The highest BCUT2D eigenvalue weighted by molar-refractivity contribution is 7.91. The van der Waals surface area contributed by atoms with Gasteiger partial charge in [0.1, 0.15) is 13.2 Å². The molecule has 0 saturated carbocycles. The molecule has 2 heterocycles. The van der Waals surface area contributed by atoms with E-state index in [2.05, 4.69) is 22.3 Å². The van der Waals surface area contributed by atoms with Gasteiger partial charge in [-0.1, -0.05) is 18.2 Å². The van der Waals surface area contributed by atoms with Crippen LogP contribution in [-0.2, 0) is 19.3 Å². The largest absolute Gasteiger partial charge is 0.486 e. The number of hydrogen-bond acceptors (Lipinski definition) is 5. The third kappa shape index (κ3) is 3.11. The van der Waals surface area contributed by atoms with Crippen molar-refractivity contribution in [2.45, 2.75) is 30.9 Å². The zero-order chi connectivity index (χ0) is 18.3. The smallest absolute Gasteiger partial charge is 0.157 e. The highest BCUT2D eigenvalue weighted by atomic mass is 32.2. The van der Waals surface area contributed by atoms with Gasteiger partial charge >= 0.3 is 0 Å². The van der Waals surface area contributed by atoms with E-state index in [-0.39, 0.29) is 5.92 Å². The summed E-state index contributed by atoms with van der Waals surface area (Å²) in [5.74, 6) is 1.76. The number of fused-ring (bicyclic) bond motifs is 1. The van der Waals surface area contributed by atoms with Gasteiger partial charge in [0.2, 0.25) is 0 Å². The first-order chi connectivity index (χ1) is 12.4. The molecule has 0 amide bonds. The highest BCUT2D eigenvalue weighted by Gasteiger charge is 2.28. The summed E-state index contributed by atoms with van der Waals surface area (Å²) in [4.78, 5) is 0. The predicted octanol–water partition coefficient (Wildman–Crippen LogP) is 2.78. The van der Waals surface area contributed by atoms with Gasteiger partial charge < -0.3 is 9.47 Å². The van der Waals surface area contributed by atoms with Gasteiger partial charge in [0.25, 0.3) is 0 Å². The molecular weight excluding hydrogens is 352 g/mol. The highest BCUT2D eigenvalue weighted by Crippen LogP contribution is 2.38. The fourth-order valence-corrected chi connectivity index (χ4v) is 4.44. The second kappa shape index (κ2) is 6.46. The molecule has 1 N–H and O–H groups in total. The fraction of sp³-hybridized carbons (Fsp3) is 0.421. The maximum absolute atomic E-state index is 11.7. The van der Waals surface area contributed by atoms with Crippen molar-refractivity contribution < 1.29 is 17.9 Å². The fourth-order valence-electron chi connectivity index (χ4n) is 3.63. The molecule has 7 heteroatoms. The Morgan fingerprint density at radius 2 is 1.92 bits per heavy atom. The van der Waals surface area contributed by atoms with E-state index < -0.39 is 15.1 Å². The molecule has 4 rings (SSSR count). The van der Waals surface area contributed by atoms with Crippen LogP contribution in [0.15, 0.2) is 41.9 Å². The number of aromatic nitrogens is 2. The van der Waals surface area contributed by atoms with E-state index in [1.807, 2.05) is 19.1 Å². The average molecular weight is 374 g/mol. The Kier molecular flexibility index (Phi) is 4.26. The number of rotatable bonds is 3. The van der Waals surface area contributed by atoms with Gasteiger partial charge in [-0.3, -0.25) is 5.10 Å². The number of nitrogens with zero attached hydrogens (tertiary/aromatic N) is 1. The standard InChI is InChI=1S/C19H22N2O4S/c1-12-18(14-5-8-16-17(11-14)25-10-9-24-16)19(21-20-12)13-3-6-15(7-4-13)26(2,22)23/h3-4,6,8,11,14-15H,5,7,9-10H2,1-2H3,(H,20,21). The lowest BCUT2D eigenvalue weighted by Crippen LogP contribution is -2.19. The number of sulfone groups is 1. The Morgan fingerprint density at radius 3 is 2.62 bits per heavy atom. The Balaban J connectivity index is 1.64. The monoisotopic (exact) mass is 374 g/mol. The van der Waals surface area contributed by atoms with E-state index in [0.717, 1.165) is 40.5 Å². The molecule has 2 unspecified atom stereocenters. The summed E-state index contributed by atoms with van der Waals surface area (Å²) in [6.45, 7) is 3.16. The predicted molar refractivity (Wildman–Crippen MR) is 99.1 cm³/mol. The number of allylic oxidation sites excluding steroid dienone is 5. The first-order valence-electron chi connectivity index (χ1n) is 8.74. The first-order valence-corrected chi connectivity index (χ1v) is 10.7. The van der Waals surface area contributed by atoms with E-state index >= 15 is 0 Å². The van der Waals surface area contributed by atoms with Crippen molar-refractivity contribution in [2.24, 2.45) is 0 Å². The topological polar surface area (TPSA) is 81.3 Å². The van der Waals surface area contributed by atoms with E-state index in [4.69, 9.17) is 9.47 Å². The molecule has 3 aliphatic rings. The van der Waals surface area contributed by atoms with Crippen molar-refractivity contribution in [3.8, 4) is 0 Å². The van der Waals surface area contributed by atoms with Crippen LogP contribution in [0.25, 0.3) is 5.57 Å². The lowest BCUT2D eigenvalue weighted by molar-refractivity contribution is 0.0564. The molecule has 0 bridgehead atoms. The van der Waals surface area contributed by atoms with Crippen molar-refractivity contribution in [3.63, 3.8) is 0 Å². The lowest BCUT2D eigenvalue weighted by atomic mass is 9.87. The second-order valence-electron chi connectivity index (χ2n) is 6.87. The van der Waals surface area contributed by atoms with E-state index in [1.54, 1.807) is 6.08 Å². The summed E-state index contributed by atoms with van der Waals surface area (Å²) < 4.78 is 34.8. The number of hydrogen-bond donors (Lipinski definition) is 1. The van der Waals surface area contributed by atoms with Crippen molar-refractivity contribution in [3.05, 3.63) is 58.8 Å². The van der Waals surface area contributed by atoms with Crippen molar-refractivity contribution in [2.75, 3.05) is 19.5 Å². The van der Waals surface area contributed by atoms with E-state index in [9.17, 15) is 8.42 Å². The zero-order valence-corrected chi connectivity index (χ0v) is 15.7. The number of nitrogens with one attached hydrogen (secondary N) is 1. The molecular formula is C19H22N2O4S. The second-order valence-corrected chi connectivity index (χ2v) is 9.14. The maximum Gasteiger partial charge on any atom is 0.157 e. The molecule has 138 valence electrons. The number of aromatic amines is 1. The molecule has 2 aliphatic carbocycles. The molecule has 0 spiro atoms. The average Bonchev–Trinajstić information content (AvgIpc) is 3.02. The van der Waals surface area contributed by atoms with Gasteiger partial charge in [-0.15, -0.1) is 0 Å². The van der Waals surface area contributed by atoms with Crippen LogP contribution in [0.2, 0.25) is 0 Å². The third-order valence-corrected chi connectivity index (χ3v) is 6.45. The summed E-state index contributed by atoms with van der Waals surface area (Å²) in [5.41, 5.74) is 3.96. The van der Waals surface area contributed by atoms with Gasteiger partial charge in [-0.25, -0.2) is 8.42 Å². The molecule has 1 aromatic rings. The van der Waals surface area contributed by atoms with Crippen LogP contribution in [0.4, 0.5) is 0 Å². The molecule has 1 saturated heterocycles. The normalized spacial score (nSPS) is 25.4. The summed E-state index contributed by atoms with van der Waals surface area (Å²) in [5, 5.41) is 7.12. The SMILES string of the molecule is Cc1[nH]nc(C2=CCC(S(C)(=O)=O)C=C2)c1C1C=C2OCCOC2=CC1. The van der Waals surface area contributed by atoms with Crippen molar-refractivity contribution in [1.29, 1.82) is 0 Å². The molecule has 0 radical (unpaired) electrons. The van der Waals surface area contributed by atoms with Crippen LogP contribution < -0.4 is 0 Å². The minimum Gasteiger partial charge on any atom is -0.486 e. The van der Waals surface area contributed by atoms with Crippen molar-refractivity contribution in [1.82, 2.24) is 10.2 Å². The molecule has 6 nitrogen and oxygen atoms in total. The lowest BCUT2D eigenvalue weighted by Gasteiger charge is -2.26. The number of H-pyrrole nitrogens is 1. The van der Waals surface area contributed by atoms with Gasteiger partial charge in [0.15, 0.2) is 21.4 Å². The van der Waals surface area contributed by atoms with Crippen LogP contribution >= 0.6 is 0 Å². The summed E-state index contributed by atoms with van der Waals surface area (Å²) in [7, 11) is -3.08. The van der Waals surface area contributed by atoms with Crippen LogP contribution in [0.1, 0.15) is 35.7 Å². The minimum atomic E-state index is -3.08. The molecule has 1 fully saturated rings. The summed E-state index contributed by atoms with van der Waals surface area (Å²) >= 11 is 0. The number of aryl methyl sites for hydroxylation is 1. The Labute approximate surface area is 153 Å². The Hall–Kier alpha value is -2.28. The van der Waals surface area contributed by atoms with Crippen LogP contribution in [0.3, 0.4) is 0 Å². The van der Waals surface area contributed by atoms with Crippen LogP contribution in [-0.4, -0.2) is 43.3 Å². The van der Waals surface area contributed by atoms with Crippen LogP contribution in [0.5, 0.6) is 0 Å². The van der Waals surface area contributed by atoms with Gasteiger partial charge in [0.05, 0.1) is 10.9 Å². The van der Waals surface area contributed by atoms with E-state index in [0.29, 0.717) is 19.6 Å². The minimum absolute atomic E-state index is 0.145. The maximum atomic E-state index is 11.7. The molecule has 0 aromatic carbocycles. The van der Waals surface area contributed by atoms with Crippen molar-refractivity contribution >= 4 is 15.4 Å². The zero-order valence-electron chi connectivity index (χ0n) is 14.9. The summed E-state index contributed by atoms with van der Waals surface area (Å²) in [6.07, 6.45) is 12.3. The number of ether oxygens (including phenoxy) is 2. The molecule has 1 aromatic heterocycles. The van der Waals surface area contributed by atoms with Gasteiger partial charge in [0, 0.05) is 23.4 Å². The Morgan fingerprint density at radius 1 is 1.15 bits per heavy atom. The molecule has 26 heavy (non-hydrogen) atoms. The van der Waals surface area contributed by atoms with E-state index in [1.165, 1.54) is 6.26 Å². The quantitative estimate of drug-likeness (QED) is 0.880. The first kappa shape index (κ1) is 17.1. The molecule has 1 aliphatic heterocycles.